The minimum Gasteiger partial charge on any atom is -0.350 e. The van der Waals surface area contributed by atoms with Crippen molar-refractivity contribution in [3.05, 3.63) is 58.9 Å². The molecule has 9 heteroatoms. The first kappa shape index (κ1) is 24.1. The third-order valence-corrected chi connectivity index (χ3v) is 6.38. The Morgan fingerprint density at radius 1 is 1.00 bits per heavy atom. The molecular formula is C25H29F3N4O2. The number of likely N-dealkylation sites (tertiary alicyclic amines) is 2. The van der Waals surface area contributed by atoms with E-state index in [1.165, 1.54) is 29.5 Å². The van der Waals surface area contributed by atoms with Crippen LogP contribution in [0.15, 0.2) is 30.3 Å². The Morgan fingerprint density at radius 2 is 1.74 bits per heavy atom. The molecule has 6 nitrogen and oxygen atoms in total. The van der Waals surface area contributed by atoms with Crippen LogP contribution in [0.3, 0.4) is 0 Å². The fraction of sp³-hybridized carbons (Fsp3) is 0.440. The van der Waals surface area contributed by atoms with Gasteiger partial charge in [-0.05, 0) is 62.2 Å². The Labute approximate surface area is 197 Å². The standard InChI is InChI=1S/C25H29F3N4O2/c1-2-16-6-9-21(20(27)12-16)30-24-18(7-8-19(26)23(24)28)25(34)32-13-17(14-32)29-22(33)15-31-10-4-3-5-11-31/h6-9,12,17,30H,2-5,10-11,13-15H2,1H3,(H,29,33). The fourth-order valence-corrected chi connectivity index (χ4v) is 4.37. The zero-order valence-electron chi connectivity index (χ0n) is 19.2. The molecule has 0 saturated carbocycles. The van der Waals surface area contributed by atoms with E-state index in [2.05, 4.69) is 15.5 Å². The number of halogens is 3. The quantitative estimate of drug-likeness (QED) is 0.640. The van der Waals surface area contributed by atoms with Crippen LogP contribution >= 0.6 is 0 Å². The number of nitrogens with zero attached hydrogens (tertiary/aromatic N) is 2. The minimum absolute atomic E-state index is 0.0535. The van der Waals surface area contributed by atoms with E-state index in [-0.39, 0.29) is 36.3 Å². The number of benzene rings is 2. The van der Waals surface area contributed by atoms with Crippen LogP contribution in [-0.4, -0.2) is 60.4 Å². The predicted octanol–water partition coefficient (Wildman–Crippen LogP) is 3.84. The van der Waals surface area contributed by atoms with Crippen molar-refractivity contribution in [3.8, 4) is 0 Å². The number of anilines is 2. The number of carbonyl (C=O) groups excluding carboxylic acids is 2. The summed E-state index contributed by atoms with van der Waals surface area (Å²) in [6.45, 7) is 4.57. The summed E-state index contributed by atoms with van der Waals surface area (Å²) in [5.74, 6) is -3.62. The van der Waals surface area contributed by atoms with Gasteiger partial charge in [0.1, 0.15) is 5.82 Å². The number of piperidine rings is 1. The van der Waals surface area contributed by atoms with Gasteiger partial charge in [0.2, 0.25) is 5.91 Å². The van der Waals surface area contributed by atoms with Gasteiger partial charge in [0.25, 0.3) is 5.91 Å². The van der Waals surface area contributed by atoms with E-state index >= 15 is 0 Å². The van der Waals surface area contributed by atoms with Gasteiger partial charge in [0.15, 0.2) is 11.6 Å². The average molecular weight is 475 g/mol. The molecule has 2 aliphatic heterocycles. The molecule has 4 rings (SSSR count). The lowest BCUT2D eigenvalue weighted by molar-refractivity contribution is -0.124. The molecule has 2 heterocycles. The monoisotopic (exact) mass is 474 g/mol. The SMILES string of the molecule is CCc1ccc(Nc2c(C(=O)N3CC(NC(=O)CN4CCCCC4)C3)ccc(F)c2F)c(F)c1. The Kier molecular flexibility index (Phi) is 7.41. The molecule has 2 saturated heterocycles. The highest BCUT2D eigenvalue weighted by molar-refractivity contribution is 6.01. The third kappa shape index (κ3) is 5.35. The van der Waals surface area contributed by atoms with Crippen molar-refractivity contribution >= 4 is 23.2 Å². The fourth-order valence-electron chi connectivity index (χ4n) is 4.37. The molecule has 2 fully saturated rings. The van der Waals surface area contributed by atoms with Crippen molar-refractivity contribution in [2.24, 2.45) is 0 Å². The van der Waals surface area contributed by atoms with Crippen molar-refractivity contribution in [1.29, 1.82) is 0 Å². The number of amides is 2. The van der Waals surface area contributed by atoms with Crippen molar-refractivity contribution in [1.82, 2.24) is 15.1 Å². The minimum atomic E-state index is -1.25. The van der Waals surface area contributed by atoms with Crippen molar-refractivity contribution in [2.45, 2.75) is 38.6 Å². The maximum absolute atomic E-state index is 14.6. The van der Waals surface area contributed by atoms with Crippen LogP contribution in [-0.2, 0) is 11.2 Å². The van der Waals surface area contributed by atoms with E-state index in [1.54, 1.807) is 6.07 Å². The number of aryl methyl sites for hydroxylation is 1. The van der Waals surface area contributed by atoms with Crippen LogP contribution in [0.1, 0.15) is 42.1 Å². The van der Waals surface area contributed by atoms with Crippen LogP contribution in [0, 0.1) is 17.5 Å². The van der Waals surface area contributed by atoms with Gasteiger partial charge >= 0.3 is 0 Å². The summed E-state index contributed by atoms with van der Waals surface area (Å²) in [6, 6.07) is 6.29. The Morgan fingerprint density at radius 3 is 2.41 bits per heavy atom. The zero-order chi connectivity index (χ0) is 24.2. The molecule has 34 heavy (non-hydrogen) atoms. The first-order chi connectivity index (χ1) is 16.4. The van der Waals surface area contributed by atoms with Crippen LogP contribution in [0.25, 0.3) is 0 Å². The Balaban J connectivity index is 1.41. The molecule has 2 aliphatic rings. The van der Waals surface area contributed by atoms with Gasteiger partial charge in [-0.15, -0.1) is 0 Å². The summed E-state index contributed by atoms with van der Waals surface area (Å²) in [7, 11) is 0. The van der Waals surface area contributed by atoms with Crippen LogP contribution in [0.2, 0.25) is 0 Å². The molecule has 0 bridgehead atoms. The molecule has 0 unspecified atom stereocenters. The van der Waals surface area contributed by atoms with E-state index in [9.17, 15) is 22.8 Å². The van der Waals surface area contributed by atoms with Gasteiger partial charge < -0.3 is 15.5 Å². The first-order valence-corrected chi connectivity index (χ1v) is 11.7. The number of rotatable bonds is 7. The summed E-state index contributed by atoms with van der Waals surface area (Å²) < 4.78 is 43.1. The highest BCUT2D eigenvalue weighted by Crippen LogP contribution is 2.30. The predicted molar refractivity (Wildman–Crippen MR) is 124 cm³/mol. The van der Waals surface area contributed by atoms with E-state index in [0.717, 1.165) is 37.6 Å². The highest BCUT2D eigenvalue weighted by atomic mass is 19.2. The number of hydrogen-bond acceptors (Lipinski definition) is 4. The maximum Gasteiger partial charge on any atom is 0.256 e. The highest BCUT2D eigenvalue weighted by Gasteiger charge is 2.34. The van der Waals surface area contributed by atoms with Gasteiger partial charge in [-0.1, -0.05) is 19.4 Å². The van der Waals surface area contributed by atoms with Crippen molar-refractivity contribution < 1.29 is 22.8 Å². The molecule has 0 radical (unpaired) electrons. The van der Waals surface area contributed by atoms with Gasteiger partial charge in [0.05, 0.1) is 29.5 Å². The molecule has 0 aliphatic carbocycles. The zero-order valence-corrected chi connectivity index (χ0v) is 19.2. The molecule has 2 N–H and O–H groups in total. The van der Waals surface area contributed by atoms with Crippen LogP contribution in [0.4, 0.5) is 24.5 Å². The second kappa shape index (κ2) is 10.5. The van der Waals surface area contributed by atoms with Gasteiger partial charge in [0, 0.05) is 13.1 Å². The topological polar surface area (TPSA) is 64.7 Å². The number of carbonyl (C=O) groups is 2. The summed E-state index contributed by atoms with van der Waals surface area (Å²) >= 11 is 0. The van der Waals surface area contributed by atoms with Crippen molar-refractivity contribution in [2.75, 3.05) is 38.0 Å². The van der Waals surface area contributed by atoms with Gasteiger partial charge in [-0.2, -0.15) is 0 Å². The first-order valence-electron chi connectivity index (χ1n) is 11.7. The maximum atomic E-state index is 14.6. The molecule has 0 atom stereocenters. The smallest absolute Gasteiger partial charge is 0.256 e. The van der Waals surface area contributed by atoms with Gasteiger partial charge in [-0.3, -0.25) is 14.5 Å². The average Bonchev–Trinajstić information content (AvgIpc) is 2.80. The number of hydrogen-bond donors (Lipinski definition) is 2. The lowest BCUT2D eigenvalue weighted by Crippen LogP contribution is -2.62. The summed E-state index contributed by atoms with van der Waals surface area (Å²) in [6.07, 6.45) is 4.00. The van der Waals surface area contributed by atoms with E-state index in [4.69, 9.17) is 0 Å². The Bertz CT molecular complexity index is 1070. The molecule has 2 aromatic carbocycles. The lowest BCUT2D eigenvalue weighted by Gasteiger charge is -2.40. The van der Waals surface area contributed by atoms with Crippen LogP contribution < -0.4 is 10.6 Å². The largest absolute Gasteiger partial charge is 0.350 e. The summed E-state index contributed by atoms with van der Waals surface area (Å²) in [5.41, 5.74) is 0.192. The lowest BCUT2D eigenvalue weighted by atomic mass is 10.0. The second-order valence-electron chi connectivity index (χ2n) is 8.89. The van der Waals surface area contributed by atoms with Gasteiger partial charge in [-0.25, -0.2) is 13.2 Å². The van der Waals surface area contributed by atoms with Crippen LogP contribution in [0.5, 0.6) is 0 Å². The molecule has 2 aromatic rings. The molecule has 0 aromatic heterocycles. The normalized spacial score (nSPS) is 16.8. The summed E-state index contributed by atoms with van der Waals surface area (Å²) in [4.78, 5) is 28.9. The molecule has 182 valence electrons. The Hall–Kier alpha value is -3.07. The van der Waals surface area contributed by atoms with Crippen molar-refractivity contribution in [3.63, 3.8) is 0 Å². The van der Waals surface area contributed by atoms with E-state index in [0.29, 0.717) is 13.0 Å². The van der Waals surface area contributed by atoms with E-state index in [1.807, 2.05) is 6.92 Å². The molecular weight excluding hydrogens is 445 g/mol. The molecule has 2 amide bonds. The molecule has 0 spiro atoms. The number of nitrogens with one attached hydrogen (secondary N) is 2. The van der Waals surface area contributed by atoms with E-state index < -0.39 is 29.0 Å². The second-order valence-corrected chi connectivity index (χ2v) is 8.89. The summed E-state index contributed by atoms with van der Waals surface area (Å²) in [5, 5.41) is 5.48. The third-order valence-electron chi connectivity index (χ3n) is 6.38.